The zero-order chi connectivity index (χ0) is 17.1. The van der Waals surface area contributed by atoms with E-state index < -0.39 is 5.82 Å². The second kappa shape index (κ2) is 7.22. The van der Waals surface area contributed by atoms with Crippen LogP contribution in [-0.2, 0) is 11.2 Å². The summed E-state index contributed by atoms with van der Waals surface area (Å²) in [5.41, 5.74) is 2.51. The van der Waals surface area contributed by atoms with Crippen LogP contribution >= 0.6 is 11.6 Å². The van der Waals surface area contributed by atoms with E-state index in [0.717, 1.165) is 19.3 Å². The lowest BCUT2D eigenvalue weighted by atomic mass is 9.87. The number of aryl methyl sites for hydroxylation is 1. The number of nitrogens with zero attached hydrogens (tertiary/aromatic N) is 1. The Balaban J connectivity index is 1.67. The minimum atomic E-state index is -0.436. The molecule has 1 aliphatic carbocycles. The van der Waals surface area contributed by atoms with Crippen LogP contribution in [0.15, 0.2) is 42.5 Å². The van der Waals surface area contributed by atoms with Gasteiger partial charge in [0, 0.05) is 7.05 Å². The number of ether oxygens (including phenoxy) is 1. The molecule has 0 spiro atoms. The van der Waals surface area contributed by atoms with Crippen LogP contribution in [0.25, 0.3) is 0 Å². The fraction of sp³-hybridized carbons (Fsp3) is 0.316. The monoisotopic (exact) mass is 347 g/mol. The second-order valence-corrected chi connectivity index (χ2v) is 6.38. The fourth-order valence-electron chi connectivity index (χ4n) is 3.14. The quantitative estimate of drug-likeness (QED) is 0.820. The summed E-state index contributed by atoms with van der Waals surface area (Å²) in [5, 5.41) is 0.161. The Bertz CT molecular complexity index is 750. The molecule has 0 heterocycles. The molecule has 0 aromatic heterocycles. The first kappa shape index (κ1) is 16.8. The maximum atomic E-state index is 13.0. The van der Waals surface area contributed by atoms with Crippen LogP contribution in [0.2, 0.25) is 5.02 Å². The van der Waals surface area contributed by atoms with E-state index in [2.05, 4.69) is 12.1 Å². The van der Waals surface area contributed by atoms with Gasteiger partial charge >= 0.3 is 0 Å². The van der Waals surface area contributed by atoms with Crippen LogP contribution in [0.3, 0.4) is 0 Å². The minimum Gasteiger partial charge on any atom is -0.482 e. The molecule has 3 nitrogen and oxygen atoms in total. The summed E-state index contributed by atoms with van der Waals surface area (Å²) in [6, 6.07) is 12.2. The molecule has 3 rings (SSSR count). The average molecular weight is 348 g/mol. The summed E-state index contributed by atoms with van der Waals surface area (Å²) in [5.74, 6) is -0.254. The van der Waals surface area contributed by atoms with Crippen molar-refractivity contribution in [2.75, 3.05) is 13.7 Å². The molecule has 2 aromatic carbocycles. The Kier molecular flexibility index (Phi) is 5.05. The van der Waals surface area contributed by atoms with Crippen LogP contribution in [0, 0.1) is 5.82 Å². The standard InChI is InChI=1S/C19H19ClFNO2/c1-22(17-8-4-6-13-5-2-3-7-15(13)17)19(23)12-24-18-10-9-14(21)11-16(18)20/h2-3,5,7,9-11,17H,4,6,8,12H2,1H3. The number of benzene rings is 2. The second-order valence-electron chi connectivity index (χ2n) is 5.97. The zero-order valence-electron chi connectivity index (χ0n) is 13.5. The van der Waals surface area contributed by atoms with Crippen LogP contribution < -0.4 is 4.74 Å². The van der Waals surface area contributed by atoms with E-state index in [1.54, 1.807) is 11.9 Å². The van der Waals surface area contributed by atoms with E-state index in [-0.39, 0.29) is 23.6 Å². The number of rotatable bonds is 4. The summed E-state index contributed by atoms with van der Waals surface area (Å²) in [4.78, 5) is 14.2. The van der Waals surface area contributed by atoms with Gasteiger partial charge in [0.25, 0.3) is 5.91 Å². The number of halogens is 2. The van der Waals surface area contributed by atoms with Gasteiger partial charge in [-0.1, -0.05) is 35.9 Å². The topological polar surface area (TPSA) is 29.5 Å². The van der Waals surface area contributed by atoms with Gasteiger partial charge in [-0.15, -0.1) is 0 Å². The first-order valence-corrected chi connectivity index (χ1v) is 8.35. The van der Waals surface area contributed by atoms with Gasteiger partial charge in [-0.3, -0.25) is 4.79 Å². The van der Waals surface area contributed by atoms with Crippen molar-refractivity contribution < 1.29 is 13.9 Å². The normalized spacial score (nSPS) is 16.4. The third-order valence-corrected chi connectivity index (χ3v) is 4.74. The number of hydrogen-bond donors (Lipinski definition) is 0. The Morgan fingerprint density at radius 3 is 2.92 bits per heavy atom. The number of fused-ring (bicyclic) bond motifs is 1. The number of amides is 1. The Hall–Kier alpha value is -2.07. The summed E-state index contributed by atoms with van der Waals surface area (Å²) >= 11 is 5.92. The number of carbonyl (C=O) groups is 1. The molecule has 5 heteroatoms. The first-order valence-electron chi connectivity index (χ1n) is 7.97. The van der Waals surface area contributed by atoms with E-state index in [1.807, 2.05) is 12.1 Å². The van der Waals surface area contributed by atoms with Crippen molar-refractivity contribution in [2.24, 2.45) is 0 Å². The number of likely N-dealkylation sites (N-methyl/N-ethyl adjacent to an activating group) is 1. The van der Waals surface area contributed by atoms with E-state index in [1.165, 1.54) is 29.3 Å². The largest absolute Gasteiger partial charge is 0.482 e. The van der Waals surface area contributed by atoms with Crippen molar-refractivity contribution in [1.82, 2.24) is 4.90 Å². The van der Waals surface area contributed by atoms with Gasteiger partial charge in [0.05, 0.1) is 11.1 Å². The molecule has 1 unspecified atom stereocenters. The first-order chi connectivity index (χ1) is 11.6. The van der Waals surface area contributed by atoms with Gasteiger partial charge < -0.3 is 9.64 Å². The SMILES string of the molecule is CN(C(=O)COc1ccc(F)cc1Cl)C1CCCc2ccccc21. The van der Waals surface area contributed by atoms with Gasteiger partial charge in [0.15, 0.2) is 6.61 Å². The molecule has 1 amide bonds. The summed E-state index contributed by atoms with van der Waals surface area (Å²) in [6.07, 6.45) is 3.05. The molecule has 126 valence electrons. The van der Waals surface area contributed by atoms with Crippen molar-refractivity contribution in [1.29, 1.82) is 0 Å². The van der Waals surface area contributed by atoms with E-state index >= 15 is 0 Å². The molecule has 1 aliphatic rings. The highest BCUT2D eigenvalue weighted by atomic mass is 35.5. The molecule has 0 N–H and O–H groups in total. The molecule has 0 fully saturated rings. The van der Waals surface area contributed by atoms with Gasteiger partial charge in [0.2, 0.25) is 0 Å². The lowest BCUT2D eigenvalue weighted by Crippen LogP contribution is -2.36. The Morgan fingerprint density at radius 2 is 2.12 bits per heavy atom. The molecule has 1 atom stereocenters. The minimum absolute atomic E-state index is 0.0646. The molecule has 24 heavy (non-hydrogen) atoms. The molecule has 0 saturated carbocycles. The molecule has 0 radical (unpaired) electrons. The predicted octanol–water partition coefficient (Wildman–Crippen LogP) is 4.39. The zero-order valence-corrected chi connectivity index (χ0v) is 14.2. The van der Waals surface area contributed by atoms with Crippen molar-refractivity contribution in [2.45, 2.75) is 25.3 Å². The maximum absolute atomic E-state index is 13.0. The van der Waals surface area contributed by atoms with Gasteiger partial charge in [-0.25, -0.2) is 4.39 Å². The number of hydrogen-bond acceptors (Lipinski definition) is 2. The van der Waals surface area contributed by atoms with Gasteiger partial charge in [-0.05, 0) is 48.6 Å². The molecule has 0 bridgehead atoms. The molecule has 0 aliphatic heterocycles. The van der Waals surface area contributed by atoms with E-state index in [0.29, 0.717) is 5.75 Å². The highest BCUT2D eigenvalue weighted by Crippen LogP contribution is 2.33. The van der Waals surface area contributed by atoms with Crippen molar-refractivity contribution >= 4 is 17.5 Å². The summed E-state index contributed by atoms with van der Waals surface area (Å²) in [7, 11) is 1.80. The highest BCUT2D eigenvalue weighted by Gasteiger charge is 2.26. The van der Waals surface area contributed by atoms with Crippen LogP contribution in [0.1, 0.15) is 30.0 Å². The Morgan fingerprint density at radius 1 is 1.33 bits per heavy atom. The highest BCUT2D eigenvalue weighted by molar-refractivity contribution is 6.32. The van der Waals surface area contributed by atoms with Crippen LogP contribution in [-0.4, -0.2) is 24.5 Å². The van der Waals surface area contributed by atoms with E-state index in [9.17, 15) is 9.18 Å². The molecular formula is C19H19ClFNO2. The summed E-state index contributed by atoms with van der Waals surface area (Å²) in [6.45, 7) is -0.124. The van der Waals surface area contributed by atoms with Crippen molar-refractivity contribution in [3.63, 3.8) is 0 Å². The number of carbonyl (C=O) groups excluding carboxylic acids is 1. The maximum Gasteiger partial charge on any atom is 0.260 e. The van der Waals surface area contributed by atoms with Crippen molar-refractivity contribution in [3.05, 3.63) is 64.4 Å². The smallest absolute Gasteiger partial charge is 0.260 e. The van der Waals surface area contributed by atoms with Crippen LogP contribution in [0.5, 0.6) is 5.75 Å². The predicted molar refractivity (Wildman–Crippen MR) is 91.8 cm³/mol. The fourth-order valence-corrected chi connectivity index (χ4v) is 3.36. The van der Waals surface area contributed by atoms with E-state index in [4.69, 9.17) is 16.3 Å². The molecule has 2 aromatic rings. The Labute approximate surface area is 146 Å². The third kappa shape index (κ3) is 3.54. The van der Waals surface area contributed by atoms with Crippen LogP contribution in [0.4, 0.5) is 4.39 Å². The van der Waals surface area contributed by atoms with Crippen molar-refractivity contribution in [3.8, 4) is 5.75 Å². The molecular weight excluding hydrogens is 329 g/mol. The average Bonchev–Trinajstić information content (AvgIpc) is 2.59. The third-order valence-electron chi connectivity index (χ3n) is 4.44. The lowest BCUT2D eigenvalue weighted by molar-refractivity contribution is -0.134. The molecule has 0 saturated heterocycles. The van der Waals surface area contributed by atoms with Gasteiger partial charge in [0.1, 0.15) is 11.6 Å². The van der Waals surface area contributed by atoms with Gasteiger partial charge in [-0.2, -0.15) is 0 Å². The summed E-state index contributed by atoms with van der Waals surface area (Å²) < 4.78 is 18.5. The lowest BCUT2D eigenvalue weighted by Gasteiger charge is -2.33.